The van der Waals surface area contributed by atoms with Crippen molar-refractivity contribution >= 4 is 29.0 Å². The lowest BCUT2D eigenvalue weighted by Crippen LogP contribution is -2.29. The average molecular weight is 336 g/mol. The number of anilines is 2. The quantitative estimate of drug-likeness (QED) is 0.883. The van der Waals surface area contributed by atoms with Gasteiger partial charge in [0.1, 0.15) is 0 Å². The molecule has 0 aliphatic rings. The standard InChI is InChI=1S/C16H22ClN5O/c1-5-13-11(10-22(4)20-13)9-18-16(23)19-14-8-6-7-12(17)15(14)21(2)3/h6-8,10H,5,9H2,1-4H3,(H2,18,19,23). The van der Waals surface area contributed by atoms with E-state index in [2.05, 4.69) is 15.7 Å². The maximum atomic E-state index is 12.2. The van der Waals surface area contributed by atoms with Crippen LogP contribution in [0.25, 0.3) is 0 Å². The van der Waals surface area contributed by atoms with Crippen LogP contribution in [0.15, 0.2) is 24.4 Å². The lowest BCUT2D eigenvalue weighted by atomic mass is 10.2. The van der Waals surface area contributed by atoms with Crippen LogP contribution in [0.4, 0.5) is 16.2 Å². The van der Waals surface area contributed by atoms with Gasteiger partial charge in [0, 0.05) is 39.4 Å². The minimum Gasteiger partial charge on any atom is -0.375 e. The first kappa shape index (κ1) is 17.1. The zero-order valence-electron chi connectivity index (χ0n) is 13.9. The molecule has 0 aliphatic carbocycles. The Morgan fingerprint density at radius 1 is 1.39 bits per heavy atom. The second-order valence-electron chi connectivity index (χ2n) is 5.47. The summed E-state index contributed by atoms with van der Waals surface area (Å²) in [6, 6.07) is 5.15. The summed E-state index contributed by atoms with van der Waals surface area (Å²) in [5.74, 6) is 0. The van der Waals surface area contributed by atoms with Gasteiger partial charge in [0.05, 0.1) is 22.1 Å². The number of nitrogens with zero attached hydrogens (tertiary/aromatic N) is 3. The molecule has 1 heterocycles. The number of carbonyl (C=O) groups excluding carboxylic acids is 1. The van der Waals surface area contributed by atoms with Gasteiger partial charge in [-0.3, -0.25) is 4.68 Å². The van der Waals surface area contributed by atoms with E-state index in [-0.39, 0.29) is 6.03 Å². The highest BCUT2D eigenvalue weighted by atomic mass is 35.5. The number of hydrogen-bond acceptors (Lipinski definition) is 3. The second kappa shape index (κ2) is 7.37. The molecule has 124 valence electrons. The molecule has 0 bridgehead atoms. The van der Waals surface area contributed by atoms with Gasteiger partial charge >= 0.3 is 6.03 Å². The number of aromatic nitrogens is 2. The Balaban J connectivity index is 2.04. The number of hydrogen-bond donors (Lipinski definition) is 2. The SMILES string of the molecule is CCc1nn(C)cc1CNC(=O)Nc1cccc(Cl)c1N(C)C. The maximum absolute atomic E-state index is 12.2. The smallest absolute Gasteiger partial charge is 0.319 e. The Bertz CT molecular complexity index is 696. The summed E-state index contributed by atoms with van der Waals surface area (Å²) < 4.78 is 1.76. The van der Waals surface area contributed by atoms with Gasteiger partial charge in [0.2, 0.25) is 0 Å². The monoisotopic (exact) mass is 335 g/mol. The zero-order valence-corrected chi connectivity index (χ0v) is 14.6. The highest BCUT2D eigenvalue weighted by Gasteiger charge is 2.12. The van der Waals surface area contributed by atoms with Gasteiger partial charge in [-0.05, 0) is 18.6 Å². The molecule has 1 aromatic carbocycles. The summed E-state index contributed by atoms with van der Waals surface area (Å²) in [5, 5.41) is 10.7. The van der Waals surface area contributed by atoms with Crippen molar-refractivity contribution in [2.75, 3.05) is 24.3 Å². The number of nitrogens with one attached hydrogen (secondary N) is 2. The van der Waals surface area contributed by atoms with Crippen LogP contribution in [0.5, 0.6) is 0 Å². The van der Waals surface area contributed by atoms with E-state index in [0.717, 1.165) is 23.4 Å². The Labute approximate surface area is 141 Å². The molecule has 2 amide bonds. The summed E-state index contributed by atoms with van der Waals surface area (Å²) in [7, 11) is 5.64. The average Bonchev–Trinajstić information content (AvgIpc) is 2.85. The van der Waals surface area contributed by atoms with E-state index < -0.39 is 0 Å². The molecule has 0 spiro atoms. The molecule has 0 aliphatic heterocycles. The normalized spacial score (nSPS) is 10.5. The van der Waals surface area contributed by atoms with Crippen molar-refractivity contribution in [3.05, 3.63) is 40.7 Å². The first-order valence-electron chi connectivity index (χ1n) is 7.44. The van der Waals surface area contributed by atoms with Gasteiger partial charge in [0.25, 0.3) is 0 Å². The van der Waals surface area contributed by atoms with E-state index >= 15 is 0 Å². The lowest BCUT2D eigenvalue weighted by Gasteiger charge is -2.19. The molecule has 1 aromatic heterocycles. The first-order valence-corrected chi connectivity index (χ1v) is 7.82. The van der Waals surface area contributed by atoms with Crippen molar-refractivity contribution < 1.29 is 4.79 Å². The molecule has 0 atom stereocenters. The van der Waals surface area contributed by atoms with Crippen LogP contribution < -0.4 is 15.5 Å². The van der Waals surface area contributed by atoms with Gasteiger partial charge in [0.15, 0.2) is 0 Å². The fourth-order valence-electron chi connectivity index (χ4n) is 2.44. The van der Waals surface area contributed by atoms with E-state index in [1.54, 1.807) is 16.8 Å². The number of rotatable bonds is 5. The predicted octanol–water partition coefficient (Wildman–Crippen LogP) is 3.02. The van der Waals surface area contributed by atoms with Crippen molar-refractivity contribution in [3.63, 3.8) is 0 Å². The summed E-state index contributed by atoms with van der Waals surface area (Å²) in [6.07, 6.45) is 2.75. The van der Waals surface area contributed by atoms with Crippen molar-refractivity contribution in [1.82, 2.24) is 15.1 Å². The first-order chi connectivity index (χ1) is 10.9. The van der Waals surface area contributed by atoms with Gasteiger partial charge in [-0.15, -0.1) is 0 Å². The molecule has 7 heteroatoms. The minimum atomic E-state index is -0.277. The molecule has 23 heavy (non-hydrogen) atoms. The predicted molar refractivity (Wildman–Crippen MR) is 94.2 cm³/mol. The van der Waals surface area contributed by atoms with Gasteiger partial charge in [-0.2, -0.15) is 5.10 Å². The van der Waals surface area contributed by atoms with Gasteiger partial charge in [-0.1, -0.05) is 24.6 Å². The molecule has 2 aromatic rings. The lowest BCUT2D eigenvalue weighted by molar-refractivity contribution is 0.251. The Hall–Kier alpha value is -2.21. The largest absolute Gasteiger partial charge is 0.375 e. The molecule has 0 fully saturated rings. The Kier molecular flexibility index (Phi) is 5.50. The topological polar surface area (TPSA) is 62.2 Å². The summed E-state index contributed by atoms with van der Waals surface area (Å²) >= 11 is 6.20. The Morgan fingerprint density at radius 2 is 2.13 bits per heavy atom. The number of aryl methyl sites for hydroxylation is 2. The number of amides is 2. The molecule has 2 rings (SSSR count). The molecule has 2 N–H and O–H groups in total. The van der Waals surface area contributed by atoms with E-state index in [0.29, 0.717) is 17.3 Å². The van der Waals surface area contributed by atoms with Gasteiger partial charge < -0.3 is 15.5 Å². The van der Waals surface area contributed by atoms with E-state index in [9.17, 15) is 4.79 Å². The zero-order chi connectivity index (χ0) is 17.0. The fourth-order valence-corrected chi connectivity index (χ4v) is 2.79. The van der Waals surface area contributed by atoms with E-state index in [1.165, 1.54) is 0 Å². The number of carbonyl (C=O) groups is 1. The molecule has 6 nitrogen and oxygen atoms in total. The molecule has 0 saturated carbocycles. The second-order valence-corrected chi connectivity index (χ2v) is 5.87. The molecule has 0 saturated heterocycles. The van der Waals surface area contributed by atoms with E-state index in [4.69, 9.17) is 11.6 Å². The van der Waals surface area contributed by atoms with Crippen LogP contribution in [0.2, 0.25) is 5.02 Å². The van der Waals surface area contributed by atoms with Crippen LogP contribution in [0.3, 0.4) is 0 Å². The van der Waals surface area contributed by atoms with Crippen LogP contribution in [0, 0.1) is 0 Å². The van der Waals surface area contributed by atoms with Crippen molar-refractivity contribution in [3.8, 4) is 0 Å². The van der Waals surface area contributed by atoms with Gasteiger partial charge in [-0.25, -0.2) is 4.79 Å². The summed E-state index contributed by atoms with van der Waals surface area (Å²) in [4.78, 5) is 14.0. The van der Waals surface area contributed by atoms with Crippen LogP contribution in [-0.2, 0) is 20.0 Å². The van der Waals surface area contributed by atoms with E-state index in [1.807, 2.05) is 45.2 Å². The third kappa shape index (κ3) is 4.16. The molecule has 0 radical (unpaired) electrons. The number of urea groups is 1. The minimum absolute atomic E-state index is 0.277. The fraction of sp³-hybridized carbons (Fsp3) is 0.375. The van der Waals surface area contributed by atoms with Crippen molar-refractivity contribution in [1.29, 1.82) is 0 Å². The Morgan fingerprint density at radius 3 is 2.78 bits per heavy atom. The summed E-state index contributed by atoms with van der Waals surface area (Å²) in [6.45, 7) is 2.47. The third-order valence-electron chi connectivity index (χ3n) is 3.45. The van der Waals surface area contributed by atoms with Crippen molar-refractivity contribution in [2.45, 2.75) is 19.9 Å². The third-order valence-corrected chi connectivity index (χ3v) is 3.75. The molecular weight excluding hydrogens is 314 g/mol. The molecule has 0 unspecified atom stereocenters. The highest BCUT2D eigenvalue weighted by Crippen LogP contribution is 2.32. The van der Waals surface area contributed by atoms with Crippen molar-refractivity contribution in [2.24, 2.45) is 7.05 Å². The number of benzene rings is 1. The van der Waals surface area contributed by atoms with Crippen LogP contribution >= 0.6 is 11.6 Å². The molecular formula is C16H22ClN5O. The van der Waals surface area contributed by atoms with Crippen LogP contribution in [0.1, 0.15) is 18.2 Å². The maximum Gasteiger partial charge on any atom is 0.319 e. The summed E-state index contributed by atoms with van der Waals surface area (Å²) in [5.41, 5.74) is 3.45. The number of halogens is 1. The highest BCUT2D eigenvalue weighted by molar-refractivity contribution is 6.34. The van der Waals surface area contributed by atoms with Crippen LogP contribution in [-0.4, -0.2) is 29.9 Å². The number of para-hydroxylation sites is 1.